The number of hydrogen-bond donors (Lipinski definition) is 1. The number of hydrogen-bond acceptors (Lipinski definition) is 7. The third-order valence-corrected chi connectivity index (χ3v) is 7.02. The quantitative estimate of drug-likeness (QED) is 0.377. The van der Waals surface area contributed by atoms with Crippen LogP contribution in [0.2, 0.25) is 0 Å². The van der Waals surface area contributed by atoms with Gasteiger partial charge in [-0.05, 0) is 85.8 Å². The second-order valence-corrected chi connectivity index (χ2v) is 9.71. The third-order valence-electron chi connectivity index (χ3n) is 7.02. The second kappa shape index (κ2) is 11.0. The molecule has 1 N–H and O–H groups in total. The number of furan rings is 1. The molecule has 1 saturated carbocycles. The SMILES string of the molecule is Cc1ccc(-c2nnn(CC(=O)N(c3cccc(C)c3C)C(C(=O)NC3CCCC3)c3ccncc3)n2)o1. The number of benzene rings is 1. The van der Waals surface area contributed by atoms with Gasteiger partial charge in [-0.2, -0.15) is 4.80 Å². The summed E-state index contributed by atoms with van der Waals surface area (Å²) in [6, 6.07) is 12.0. The van der Waals surface area contributed by atoms with E-state index < -0.39 is 6.04 Å². The van der Waals surface area contributed by atoms with Gasteiger partial charge in [0.05, 0.1) is 0 Å². The molecule has 2 amide bonds. The first kappa shape index (κ1) is 25.3. The van der Waals surface area contributed by atoms with Crippen molar-refractivity contribution < 1.29 is 14.0 Å². The number of carbonyl (C=O) groups excluding carboxylic acids is 2. The van der Waals surface area contributed by atoms with Gasteiger partial charge in [0, 0.05) is 24.1 Å². The molecule has 10 nitrogen and oxygen atoms in total. The molecule has 1 fully saturated rings. The van der Waals surface area contributed by atoms with E-state index in [1.807, 2.05) is 45.0 Å². The molecule has 38 heavy (non-hydrogen) atoms. The molecule has 0 radical (unpaired) electrons. The first-order valence-corrected chi connectivity index (χ1v) is 12.8. The number of pyridine rings is 1. The Morgan fingerprint density at radius 1 is 1.08 bits per heavy atom. The van der Waals surface area contributed by atoms with Crippen LogP contribution in [-0.2, 0) is 16.1 Å². The smallest absolute Gasteiger partial charge is 0.251 e. The zero-order valence-corrected chi connectivity index (χ0v) is 21.8. The Kier molecular flexibility index (Phi) is 7.30. The lowest BCUT2D eigenvalue weighted by Crippen LogP contribution is -2.47. The van der Waals surface area contributed by atoms with Crippen molar-refractivity contribution >= 4 is 17.5 Å². The highest BCUT2D eigenvalue weighted by molar-refractivity contribution is 6.01. The zero-order valence-electron chi connectivity index (χ0n) is 21.8. The third kappa shape index (κ3) is 5.34. The van der Waals surface area contributed by atoms with Gasteiger partial charge < -0.3 is 9.73 Å². The number of anilines is 1. The molecule has 5 rings (SSSR count). The van der Waals surface area contributed by atoms with E-state index in [4.69, 9.17) is 4.42 Å². The van der Waals surface area contributed by atoms with Crippen LogP contribution in [-0.4, -0.2) is 43.0 Å². The fourth-order valence-electron chi connectivity index (χ4n) is 4.89. The Hall–Kier alpha value is -4.34. The summed E-state index contributed by atoms with van der Waals surface area (Å²) in [7, 11) is 0. The van der Waals surface area contributed by atoms with Crippen LogP contribution in [0.15, 0.2) is 59.3 Å². The van der Waals surface area contributed by atoms with E-state index in [1.54, 1.807) is 35.5 Å². The number of nitrogens with zero attached hydrogens (tertiary/aromatic N) is 6. The Morgan fingerprint density at radius 2 is 1.84 bits per heavy atom. The molecule has 3 heterocycles. The molecule has 1 aliphatic carbocycles. The van der Waals surface area contributed by atoms with E-state index in [2.05, 4.69) is 25.7 Å². The van der Waals surface area contributed by atoms with Gasteiger partial charge in [0.25, 0.3) is 5.91 Å². The Balaban J connectivity index is 1.53. The van der Waals surface area contributed by atoms with Gasteiger partial charge in [-0.15, -0.1) is 10.2 Å². The summed E-state index contributed by atoms with van der Waals surface area (Å²) in [6.45, 7) is 5.56. The Morgan fingerprint density at radius 3 is 2.55 bits per heavy atom. The average molecular weight is 514 g/mol. The van der Waals surface area contributed by atoms with E-state index in [0.717, 1.165) is 42.6 Å². The van der Waals surface area contributed by atoms with Crippen LogP contribution in [0.25, 0.3) is 11.6 Å². The average Bonchev–Trinajstić information content (AvgIpc) is 3.68. The summed E-state index contributed by atoms with van der Waals surface area (Å²) in [5.74, 6) is 0.909. The molecule has 3 aromatic heterocycles. The van der Waals surface area contributed by atoms with Gasteiger partial charge >= 0.3 is 0 Å². The summed E-state index contributed by atoms with van der Waals surface area (Å²) in [5, 5.41) is 15.7. The molecule has 4 aromatic rings. The molecule has 0 aliphatic heterocycles. The Labute approximate surface area is 221 Å². The van der Waals surface area contributed by atoms with Crippen LogP contribution in [0.1, 0.15) is 54.2 Å². The van der Waals surface area contributed by atoms with Crippen molar-refractivity contribution in [2.75, 3.05) is 4.90 Å². The topological polar surface area (TPSA) is 119 Å². The van der Waals surface area contributed by atoms with E-state index in [-0.39, 0.29) is 30.2 Å². The van der Waals surface area contributed by atoms with Gasteiger partial charge in [-0.1, -0.05) is 25.0 Å². The van der Waals surface area contributed by atoms with Crippen molar-refractivity contribution in [3.05, 3.63) is 77.3 Å². The summed E-state index contributed by atoms with van der Waals surface area (Å²) in [6.07, 6.45) is 7.30. The highest BCUT2D eigenvalue weighted by Gasteiger charge is 2.35. The Bertz CT molecular complexity index is 1420. The predicted molar refractivity (Wildman–Crippen MR) is 141 cm³/mol. The van der Waals surface area contributed by atoms with Crippen LogP contribution in [0.4, 0.5) is 5.69 Å². The van der Waals surface area contributed by atoms with E-state index >= 15 is 0 Å². The van der Waals surface area contributed by atoms with Crippen molar-refractivity contribution in [1.29, 1.82) is 0 Å². The minimum Gasteiger partial charge on any atom is -0.458 e. The minimum absolute atomic E-state index is 0.0960. The van der Waals surface area contributed by atoms with Gasteiger partial charge in [0.15, 0.2) is 5.76 Å². The highest BCUT2D eigenvalue weighted by atomic mass is 16.3. The maximum Gasteiger partial charge on any atom is 0.251 e. The van der Waals surface area contributed by atoms with Crippen LogP contribution in [0.5, 0.6) is 0 Å². The van der Waals surface area contributed by atoms with Gasteiger partial charge in [0.1, 0.15) is 18.3 Å². The van der Waals surface area contributed by atoms with Crippen molar-refractivity contribution in [3.8, 4) is 11.6 Å². The summed E-state index contributed by atoms with van der Waals surface area (Å²) in [5.41, 5.74) is 3.25. The molecule has 0 saturated heterocycles. The highest BCUT2D eigenvalue weighted by Crippen LogP contribution is 2.32. The summed E-state index contributed by atoms with van der Waals surface area (Å²) < 4.78 is 5.59. The van der Waals surface area contributed by atoms with Crippen LogP contribution < -0.4 is 10.2 Å². The lowest BCUT2D eigenvalue weighted by atomic mass is 10.0. The van der Waals surface area contributed by atoms with Gasteiger partial charge in [-0.25, -0.2) is 0 Å². The number of aromatic nitrogens is 5. The van der Waals surface area contributed by atoms with Crippen LogP contribution in [0, 0.1) is 20.8 Å². The molecule has 10 heteroatoms. The maximum absolute atomic E-state index is 14.1. The lowest BCUT2D eigenvalue weighted by molar-refractivity contribution is -0.127. The zero-order chi connectivity index (χ0) is 26.6. The number of carbonyl (C=O) groups is 2. The molecule has 1 aliphatic rings. The van der Waals surface area contributed by atoms with Crippen molar-refractivity contribution in [1.82, 2.24) is 30.5 Å². The molecule has 1 atom stereocenters. The van der Waals surface area contributed by atoms with E-state index in [1.165, 1.54) is 4.80 Å². The van der Waals surface area contributed by atoms with Gasteiger partial charge in [0.2, 0.25) is 11.7 Å². The number of nitrogens with one attached hydrogen (secondary N) is 1. The van der Waals surface area contributed by atoms with Gasteiger partial charge in [-0.3, -0.25) is 19.5 Å². The summed E-state index contributed by atoms with van der Waals surface area (Å²) in [4.78, 5) is 34.8. The van der Waals surface area contributed by atoms with Crippen molar-refractivity contribution in [2.24, 2.45) is 0 Å². The first-order valence-electron chi connectivity index (χ1n) is 12.8. The predicted octanol–water partition coefficient (Wildman–Crippen LogP) is 4.09. The van der Waals surface area contributed by atoms with Crippen molar-refractivity contribution in [2.45, 2.75) is 65.1 Å². The largest absolute Gasteiger partial charge is 0.458 e. The van der Waals surface area contributed by atoms with E-state index in [9.17, 15) is 9.59 Å². The fraction of sp³-hybridized carbons (Fsp3) is 0.357. The standard InChI is InChI=1S/C28H31N7O3/c1-18-7-6-10-23(20(18)3)35(25(36)17-34-32-27(31-33-34)24-12-11-19(2)38-24)26(21-13-15-29-16-14-21)28(37)30-22-8-4-5-9-22/h6-7,10-16,22,26H,4-5,8-9,17H2,1-3H3,(H,30,37). The molecular formula is C28H31N7O3. The lowest BCUT2D eigenvalue weighted by Gasteiger charge is -2.33. The number of amides is 2. The fourth-order valence-corrected chi connectivity index (χ4v) is 4.89. The molecule has 1 unspecified atom stereocenters. The first-order chi connectivity index (χ1) is 18.4. The normalized spacial score (nSPS) is 14.4. The molecular weight excluding hydrogens is 482 g/mol. The van der Waals surface area contributed by atoms with Crippen molar-refractivity contribution in [3.63, 3.8) is 0 Å². The molecule has 0 bridgehead atoms. The summed E-state index contributed by atoms with van der Waals surface area (Å²) >= 11 is 0. The van der Waals surface area contributed by atoms with E-state index in [0.29, 0.717) is 17.0 Å². The number of rotatable bonds is 8. The molecule has 0 spiro atoms. The molecule has 196 valence electrons. The number of tetrazole rings is 1. The minimum atomic E-state index is -0.901. The van der Waals surface area contributed by atoms with Crippen LogP contribution >= 0.6 is 0 Å². The monoisotopic (exact) mass is 513 g/mol. The molecule has 1 aromatic carbocycles. The van der Waals surface area contributed by atoms with Crippen LogP contribution in [0.3, 0.4) is 0 Å². The number of aryl methyl sites for hydroxylation is 2. The maximum atomic E-state index is 14.1. The second-order valence-electron chi connectivity index (χ2n) is 9.71.